The third-order valence-electron chi connectivity index (χ3n) is 2.82. The lowest BCUT2D eigenvalue weighted by atomic mass is 9.96. The van der Waals surface area contributed by atoms with Crippen LogP contribution in [0.25, 0.3) is 0 Å². The van der Waals surface area contributed by atoms with Gasteiger partial charge in [0.25, 0.3) is 0 Å². The van der Waals surface area contributed by atoms with Gasteiger partial charge in [0, 0.05) is 12.5 Å². The van der Waals surface area contributed by atoms with E-state index in [4.69, 9.17) is 15.2 Å². The number of carbonyl (C=O) groups is 1. The second-order valence-corrected chi connectivity index (χ2v) is 4.95. The molecular formula is C15H23NO4. The quantitative estimate of drug-likeness (QED) is 0.775. The number of carbonyl (C=O) groups excluding carboxylic acids is 1. The Morgan fingerprint density at radius 1 is 1.40 bits per heavy atom. The molecule has 0 bridgehead atoms. The fraction of sp³-hybridized carbons (Fsp3) is 0.533. The Labute approximate surface area is 120 Å². The molecule has 2 N–H and O–H groups in total. The molecule has 0 amide bonds. The predicted octanol–water partition coefficient (Wildman–Crippen LogP) is 2.13. The van der Waals surface area contributed by atoms with Crippen LogP contribution in [-0.4, -0.2) is 31.3 Å². The fourth-order valence-electron chi connectivity index (χ4n) is 1.99. The van der Waals surface area contributed by atoms with Crippen LogP contribution in [0.15, 0.2) is 24.3 Å². The van der Waals surface area contributed by atoms with Crippen LogP contribution in [-0.2, 0) is 9.53 Å². The second-order valence-electron chi connectivity index (χ2n) is 4.95. The summed E-state index contributed by atoms with van der Waals surface area (Å²) in [7, 11) is 1.32. The summed E-state index contributed by atoms with van der Waals surface area (Å²) in [6.07, 6.45) is 0.138. The van der Waals surface area contributed by atoms with E-state index in [1.54, 1.807) is 6.92 Å². The van der Waals surface area contributed by atoms with E-state index in [0.717, 1.165) is 5.75 Å². The van der Waals surface area contributed by atoms with E-state index in [1.807, 2.05) is 38.1 Å². The van der Waals surface area contributed by atoms with Crippen molar-refractivity contribution in [2.24, 2.45) is 5.73 Å². The zero-order valence-corrected chi connectivity index (χ0v) is 12.5. The molecule has 5 heteroatoms. The number of esters is 1. The number of benzene rings is 1. The first-order valence-electron chi connectivity index (χ1n) is 6.66. The lowest BCUT2D eigenvalue weighted by molar-refractivity contribution is -0.147. The van der Waals surface area contributed by atoms with Crippen molar-refractivity contribution in [3.05, 3.63) is 24.3 Å². The average Bonchev–Trinajstić information content (AvgIpc) is 2.37. The summed E-state index contributed by atoms with van der Waals surface area (Å²) in [6, 6.07) is 7.37. The molecule has 0 fully saturated rings. The monoisotopic (exact) mass is 281 g/mol. The van der Waals surface area contributed by atoms with Gasteiger partial charge in [-0.2, -0.15) is 0 Å². The van der Waals surface area contributed by atoms with E-state index in [9.17, 15) is 4.79 Å². The Kier molecular flexibility index (Phi) is 5.82. The van der Waals surface area contributed by atoms with Crippen LogP contribution in [0.1, 0.15) is 27.2 Å². The van der Waals surface area contributed by atoms with Gasteiger partial charge in [-0.3, -0.25) is 4.79 Å². The lowest BCUT2D eigenvalue weighted by Crippen LogP contribution is -2.48. The highest BCUT2D eigenvalue weighted by Crippen LogP contribution is 2.22. The van der Waals surface area contributed by atoms with Crippen LogP contribution < -0.4 is 15.2 Å². The molecule has 1 rings (SSSR count). The molecule has 112 valence electrons. The average molecular weight is 281 g/mol. The van der Waals surface area contributed by atoms with Crippen molar-refractivity contribution >= 4 is 5.97 Å². The molecule has 2 unspecified atom stereocenters. The molecule has 0 saturated carbocycles. The lowest BCUT2D eigenvalue weighted by Gasteiger charge is -2.25. The summed E-state index contributed by atoms with van der Waals surface area (Å²) in [5, 5.41) is 0. The summed E-state index contributed by atoms with van der Waals surface area (Å²) in [5.41, 5.74) is 4.86. The number of hydrogen-bond donors (Lipinski definition) is 1. The maximum atomic E-state index is 11.5. The summed E-state index contributed by atoms with van der Waals surface area (Å²) in [5.74, 6) is 0.987. The Balaban J connectivity index is 2.64. The molecule has 0 aliphatic carbocycles. The van der Waals surface area contributed by atoms with Gasteiger partial charge in [0.2, 0.25) is 0 Å². The highest BCUT2D eigenvalue weighted by molar-refractivity contribution is 5.79. The molecule has 0 heterocycles. The highest BCUT2D eigenvalue weighted by Gasteiger charge is 2.32. The van der Waals surface area contributed by atoms with Crippen LogP contribution in [0.4, 0.5) is 0 Å². The normalized spacial score (nSPS) is 15.1. The van der Waals surface area contributed by atoms with E-state index < -0.39 is 11.5 Å². The van der Waals surface area contributed by atoms with Gasteiger partial charge in [0.05, 0.1) is 19.8 Å². The number of ether oxygens (including phenoxy) is 3. The van der Waals surface area contributed by atoms with E-state index in [2.05, 4.69) is 4.74 Å². The van der Waals surface area contributed by atoms with Crippen molar-refractivity contribution in [3.8, 4) is 11.5 Å². The van der Waals surface area contributed by atoms with Crippen molar-refractivity contribution in [1.82, 2.24) is 0 Å². The number of rotatable bonds is 7. The van der Waals surface area contributed by atoms with Gasteiger partial charge in [-0.05, 0) is 32.9 Å². The third kappa shape index (κ3) is 4.74. The summed E-state index contributed by atoms with van der Waals surface area (Å²) in [6.45, 7) is 6.02. The molecule has 0 radical (unpaired) electrons. The van der Waals surface area contributed by atoms with Crippen LogP contribution >= 0.6 is 0 Å². The molecule has 5 nitrogen and oxygen atoms in total. The Hall–Kier alpha value is -1.75. The summed E-state index contributed by atoms with van der Waals surface area (Å²) < 4.78 is 15.8. The van der Waals surface area contributed by atoms with Gasteiger partial charge in [-0.15, -0.1) is 0 Å². The number of hydrogen-bond acceptors (Lipinski definition) is 5. The molecule has 0 aliphatic heterocycles. The minimum absolute atomic E-state index is 0.221. The molecular weight excluding hydrogens is 258 g/mol. The van der Waals surface area contributed by atoms with Crippen LogP contribution in [0.2, 0.25) is 0 Å². The smallest absolute Gasteiger partial charge is 0.325 e. The van der Waals surface area contributed by atoms with Crippen LogP contribution in [0.3, 0.4) is 0 Å². The van der Waals surface area contributed by atoms with Crippen molar-refractivity contribution in [1.29, 1.82) is 0 Å². The van der Waals surface area contributed by atoms with E-state index in [0.29, 0.717) is 18.8 Å². The molecule has 0 saturated heterocycles. The van der Waals surface area contributed by atoms with Gasteiger partial charge in [-0.1, -0.05) is 6.07 Å². The van der Waals surface area contributed by atoms with E-state index in [1.165, 1.54) is 7.11 Å². The zero-order chi connectivity index (χ0) is 15.2. The zero-order valence-electron chi connectivity index (χ0n) is 12.5. The van der Waals surface area contributed by atoms with Gasteiger partial charge < -0.3 is 19.9 Å². The molecule has 2 atom stereocenters. The van der Waals surface area contributed by atoms with E-state index in [-0.39, 0.29) is 6.10 Å². The Bertz CT molecular complexity index is 445. The minimum atomic E-state index is -1.06. The van der Waals surface area contributed by atoms with Gasteiger partial charge in [-0.25, -0.2) is 0 Å². The first-order chi connectivity index (χ1) is 9.39. The van der Waals surface area contributed by atoms with E-state index >= 15 is 0 Å². The van der Waals surface area contributed by atoms with Gasteiger partial charge in [0.1, 0.15) is 17.0 Å². The molecule has 0 aliphatic rings. The van der Waals surface area contributed by atoms with Crippen molar-refractivity contribution in [2.45, 2.75) is 38.8 Å². The largest absolute Gasteiger partial charge is 0.494 e. The SMILES string of the molecule is CCOc1cccc(OC(C)CC(C)(N)C(=O)OC)c1. The molecule has 1 aromatic carbocycles. The third-order valence-corrected chi connectivity index (χ3v) is 2.82. The highest BCUT2D eigenvalue weighted by atomic mass is 16.5. The first-order valence-corrected chi connectivity index (χ1v) is 6.66. The van der Waals surface area contributed by atoms with Crippen molar-refractivity contribution in [2.75, 3.05) is 13.7 Å². The Morgan fingerprint density at radius 3 is 2.65 bits per heavy atom. The molecule has 20 heavy (non-hydrogen) atoms. The van der Waals surface area contributed by atoms with Crippen molar-refractivity contribution < 1.29 is 19.0 Å². The minimum Gasteiger partial charge on any atom is -0.494 e. The maximum Gasteiger partial charge on any atom is 0.325 e. The number of methoxy groups -OCH3 is 1. The van der Waals surface area contributed by atoms with Crippen LogP contribution in [0, 0.1) is 0 Å². The molecule has 1 aromatic rings. The van der Waals surface area contributed by atoms with Gasteiger partial charge >= 0.3 is 5.97 Å². The maximum absolute atomic E-state index is 11.5. The first kappa shape index (κ1) is 16.3. The Morgan fingerprint density at radius 2 is 2.05 bits per heavy atom. The molecule has 0 spiro atoms. The topological polar surface area (TPSA) is 70.8 Å². The van der Waals surface area contributed by atoms with Gasteiger partial charge in [0.15, 0.2) is 0 Å². The predicted molar refractivity (Wildman–Crippen MR) is 76.9 cm³/mol. The second kappa shape index (κ2) is 7.14. The molecule has 0 aromatic heterocycles. The number of nitrogens with two attached hydrogens (primary N) is 1. The summed E-state index contributed by atoms with van der Waals surface area (Å²) >= 11 is 0. The standard InChI is InChI=1S/C15H23NO4/c1-5-19-12-7-6-8-13(9-12)20-11(2)10-15(3,16)14(17)18-4/h6-9,11H,5,10,16H2,1-4H3. The fourth-order valence-corrected chi connectivity index (χ4v) is 1.99. The van der Waals surface area contributed by atoms with Crippen molar-refractivity contribution in [3.63, 3.8) is 0 Å². The van der Waals surface area contributed by atoms with Crippen LogP contribution in [0.5, 0.6) is 11.5 Å². The summed E-state index contributed by atoms with van der Waals surface area (Å²) in [4.78, 5) is 11.5.